The number of benzene rings is 2. The van der Waals surface area contributed by atoms with Gasteiger partial charge < -0.3 is 23.7 Å². The molecule has 8 nitrogen and oxygen atoms in total. The highest BCUT2D eigenvalue weighted by Crippen LogP contribution is 2.24. The minimum absolute atomic E-state index is 0.0463. The maximum absolute atomic E-state index is 13.7. The Balaban J connectivity index is 1.35. The molecule has 2 heterocycles. The third-order valence-electron chi connectivity index (χ3n) is 5.37. The summed E-state index contributed by atoms with van der Waals surface area (Å²) < 4.78 is 30.0. The lowest BCUT2D eigenvalue weighted by molar-refractivity contribution is -0.133. The molecule has 1 amide bonds. The number of rotatable bonds is 7. The van der Waals surface area contributed by atoms with Gasteiger partial charge in [-0.15, -0.1) is 0 Å². The first kappa shape index (κ1) is 22.9. The second-order valence-corrected chi connectivity index (χ2v) is 7.51. The van der Waals surface area contributed by atoms with Crippen molar-refractivity contribution in [1.29, 1.82) is 5.26 Å². The number of anilines is 1. The Kier molecular flexibility index (Phi) is 7.08. The van der Waals surface area contributed by atoms with E-state index < -0.39 is 5.82 Å². The lowest BCUT2D eigenvalue weighted by Gasteiger charge is -2.34. The predicted molar refractivity (Wildman–Crippen MR) is 124 cm³/mol. The summed E-state index contributed by atoms with van der Waals surface area (Å²) in [4.78, 5) is 20.3. The molecular formula is C25H23FN4O4. The van der Waals surface area contributed by atoms with Crippen LogP contribution in [-0.2, 0) is 4.79 Å². The number of nitriles is 1. The average molecular weight is 462 g/mol. The van der Waals surface area contributed by atoms with Gasteiger partial charge in [0.15, 0.2) is 18.2 Å². The molecule has 1 aliphatic heterocycles. The van der Waals surface area contributed by atoms with Crippen molar-refractivity contribution < 1.29 is 23.1 Å². The first-order valence-corrected chi connectivity index (χ1v) is 10.7. The van der Waals surface area contributed by atoms with Gasteiger partial charge in [0.1, 0.15) is 11.8 Å². The van der Waals surface area contributed by atoms with Crippen LogP contribution in [0.15, 0.2) is 52.9 Å². The molecule has 3 aromatic rings. The van der Waals surface area contributed by atoms with E-state index in [-0.39, 0.29) is 24.0 Å². The fraction of sp³-hybridized carbons (Fsp3) is 0.240. The Morgan fingerprint density at radius 1 is 1.15 bits per heavy atom. The number of hydrogen-bond acceptors (Lipinski definition) is 7. The number of oxazole rings is 1. The van der Waals surface area contributed by atoms with Crippen molar-refractivity contribution in [3.8, 4) is 17.6 Å². The topological polar surface area (TPSA) is 91.8 Å². The van der Waals surface area contributed by atoms with Crippen LogP contribution in [0, 0.1) is 17.1 Å². The summed E-state index contributed by atoms with van der Waals surface area (Å²) in [6.07, 6.45) is 3.54. The van der Waals surface area contributed by atoms with Crippen LogP contribution in [0.2, 0.25) is 0 Å². The highest BCUT2D eigenvalue weighted by molar-refractivity contribution is 5.78. The van der Waals surface area contributed by atoms with E-state index in [9.17, 15) is 14.4 Å². The van der Waals surface area contributed by atoms with Crippen LogP contribution in [0.25, 0.3) is 12.2 Å². The van der Waals surface area contributed by atoms with Gasteiger partial charge in [-0.3, -0.25) is 4.79 Å². The van der Waals surface area contributed by atoms with Crippen LogP contribution in [0.5, 0.6) is 11.5 Å². The van der Waals surface area contributed by atoms with E-state index in [1.165, 1.54) is 12.1 Å². The summed E-state index contributed by atoms with van der Waals surface area (Å²) in [5, 5.41) is 9.50. The molecule has 0 atom stereocenters. The van der Waals surface area contributed by atoms with E-state index in [4.69, 9.17) is 13.9 Å². The number of halogens is 1. The fourth-order valence-corrected chi connectivity index (χ4v) is 3.52. The lowest BCUT2D eigenvalue weighted by atomic mass is 10.2. The van der Waals surface area contributed by atoms with E-state index in [2.05, 4.69) is 11.1 Å². The third-order valence-corrected chi connectivity index (χ3v) is 5.37. The van der Waals surface area contributed by atoms with Crippen LogP contribution in [0.3, 0.4) is 0 Å². The molecule has 1 aromatic heterocycles. The normalized spacial score (nSPS) is 13.7. The van der Waals surface area contributed by atoms with Crippen LogP contribution < -0.4 is 14.4 Å². The first-order chi connectivity index (χ1) is 16.6. The number of nitrogens with zero attached hydrogens (tertiary/aromatic N) is 4. The summed E-state index contributed by atoms with van der Waals surface area (Å²) in [5.74, 6) is 0.768. The molecule has 174 valence electrons. The van der Waals surface area contributed by atoms with E-state index in [0.29, 0.717) is 38.0 Å². The quantitative estimate of drug-likeness (QED) is 0.530. The Morgan fingerprint density at radius 3 is 2.56 bits per heavy atom. The van der Waals surface area contributed by atoms with Crippen molar-refractivity contribution in [1.82, 2.24) is 9.88 Å². The minimum Gasteiger partial charge on any atom is -0.497 e. The van der Waals surface area contributed by atoms with E-state index >= 15 is 0 Å². The molecule has 0 aliphatic carbocycles. The zero-order chi connectivity index (χ0) is 23.9. The van der Waals surface area contributed by atoms with Gasteiger partial charge in [-0.05, 0) is 35.9 Å². The van der Waals surface area contributed by atoms with Gasteiger partial charge in [-0.2, -0.15) is 10.2 Å². The molecule has 2 aromatic carbocycles. The molecule has 9 heteroatoms. The molecule has 0 spiro atoms. The van der Waals surface area contributed by atoms with E-state index in [1.54, 1.807) is 30.2 Å². The molecule has 1 fully saturated rings. The minimum atomic E-state index is -0.508. The Bertz CT molecular complexity index is 1210. The summed E-state index contributed by atoms with van der Waals surface area (Å²) >= 11 is 0. The molecule has 34 heavy (non-hydrogen) atoms. The van der Waals surface area contributed by atoms with Gasteiger partial charge in [-0.1, -0.05) is 24.3 Å². The summed E-state index contributed by atoms with van der Waals surface area (Å²) in [7, 11) is 1.61. The summed E-state index contributed by atoms with van der Waals surface area (Å²) in [6, 6.07) is 15.5. The highest BCUT2D eigenvalue weighted by Gasteiger charge is 2.26. The number of carbonyl (C=O) groups excluding carboxylic acids is 1. The average Bonchev–Trinajstić information content (AvgIpc) is 3.30. The summed E-state index contributed by atoms with van der Waals surface area (Å²) in [6.45, 7) is 1.53. The van der Waals surface area contributed by atoms with Crippen molar-refractivity contribution in [2.24, 2.45) is 0 Å². The van der Waals surface area contributed by atoms with Gasteiger partial charge in [0, 0.05) is 32.3 Å². The van der Waals surface area contributed by atoms with Gasteiger partial charge in [0.05, 0.1) is 7.11 Å². The van der Waals surface area contributed by atoms with Gasteiger partial charge in [0.2, 0.25) is 17.5 Å². The van der Waals surface area contributed by atoms with Crippen molar-refractivity contribution in [2.75, 3.05) is 44.8 Å². The standard InChI is InChI=1S/C25H23FN4O4/c1-32-19-9-6-18(7-10-19)8-11-23-28-21(16-27)25(34-23)30-14-12-29(13-15-30)24(31)17-33-22-5-3-2-4-20(22)26/h2-11H,12-15,17H2,1H3/b11-8+. The Morgan fingerprint density at radius 2 is 1.88 bits per heavy atom. The molecule has 0 N–H and O–H groups in total. The van der Waals surface area contributed by atoms with Gasteiger partial charge in [-0.25, -0.2) is 4.39 Å². The number of piperazine rings is 1. The molecule has 0 bridgehead atoms. The maximum atomic E-state index is 13.7. The zero-order valence-electron chi connectivity index (χ0n) is 18.6. The number of carbonyl (C=O) groups is 1. The number of hydrogen-bond donors (Lipinski definition) is 0. The smallest absolute Gasteiger partial charge is 0.260 e. The van der Waals surface area contributed by atoms with Crippen LogP contribution in [-0.4, -0.2) is 55.7 Å². The van der Waals surface area contributed by atoms with Crippen molar-refractivity contribution in [3.63, 3.8) is 0 Å². The van der Waals surface area contributed by atoms with Crippen LogP contribution >= 0.6 is 0 Å². The number of para-hydroxylation sites is 1. The van der Waals surface area contributed by atoms with Crippen molar-refractivity contribution in [2.45, 2.75) is 0 Å². The fourth-order valence-electron chi connectivity index (χ4n) is 3.52. The van der Waals surface area contributed by atoms with Gasteiger partial charge in [0.25, 0.3) is 5.91 Å². The predicted octanol–water partition coefficient (Wildman–Crippen LogP) is 3.59. The van der Waals surface area contributed by atoms with Gasteiger partial charge >= 0.3 is 0 Å². The number of amides is 1. The molecule has 4 rings (SSSR count). The monoisotopic (exact) mass is 462 g/mol. The number of aromatic nitrogens is 1. The largest absolute Gasteiger partial charge is 0.497 e. The molecule has 1 aliphatic rings. The Labute approximate surface area is 196 Å². The second kappa shape index (κ2) is 10.5. The van der Waals surface area contributed by atoms with Crippen LogP contribution in [0.4, 0.5) is 10.3 Å². The van der Waals surface area contributed by atoms with E-state index in [1.807, 2.05) is 35.2 Å². The number of methoxy groups -OCH3 is 1. The Hall–Kier alpha value is -4.32. The van der Waals surface area contributed by atoms with Crippen molar-refractivity contribution >= 4 is 23.9 Å². The molecule has 0 radical (unpaired) electrons. The second-order valence-electron chi connectivity index (χ2n) is 7.51. The van der Waals surface area contributed by atoms with Crippen LogP contribution in [0.1, 0.15) is 17.1 Å². The third kappa shape index (κ3) is 5.35. The molecular weight excluding hydrogens is 439 g/mol. The number of ether oxygens (including phenoxy) is 2. The van der Waals surface area contributed by atoms with E-state index in [0.717, 1.165) is 11.3 Å². The molecule has 1 saturated heterocycles. The maximum Gasteiger partial charge on any atom is 0.260 e. The zero-order valence-corrected chi connectivity index (χ0v) is 18.6. The SMILES string of the molecule is COc1ccc(/C=C/c2nc(C#N)c(N3CCN(C(=O)COc4ccccc4F)CC3)o2)cc1. The molecule has 0 unspecified atom stereocenters. The highest BCUT2D eigenvalue weighted by atomic mass is 19.1. The summed E-state index contributed by atoms with van der Waals surface area (Å²) in [5.41, 5.74) is 1.13. The molecule has 0 saturated carbocycles. The van der Waals surface area contributed by atoms with Crippen molar-refractivity contribution in [3.05, 3.63) is 71.5 Å². The first-order valence-electron chi connectivity index (χ1n) is 10.7. The lowest BCUT2D eigenvalue weighted by Crippen LogP contribution is -2.50.